The monoisotopic (exact) mass is 277 g/mol. The van der Waals surface area contributed by atoms with Crippen LogP contribution in [0.2, 0.25) is 0 Å². The van der Waals surface area contributed by atoms with Crippen LogP contribution in [0, 0.1) is 5.92 Å². The minimum absolute atomic E-state index is 0.0531. The summed E-state index contributed by atoms with van der Waals surface area (Å²) in [5.41, 5.74) is 0.586. The van der Waals surface area contributed by atoms with E-state index in [-0.39, 0.29) is 11.8 Å². The molecule has 0 bridgehead atoms. The van der Waals surface area contributed by atoms with Crippen LogP contribution in [0.3, 0.4) is 0 Å². The molecule has 1 aliphatic rings. The number of hydrogen-bond acceptors (Lipinski definition) is 4. The summed E-state index contributed by atoms with van der Waals surface area (Å²) >= 11 is 0. The number of carbonyl (C=O) groups excluding carboxylic acids is 1. The van der Waals surface area contributed by atoms with Crippen LogP contribution < -0.4 is 5.32 Å². The van der Waals surface area contributed by atoms with Crippen molar-refractivity contribution in [2.75, 3.05) is 25.0 Å². The van der Waals surface area contributed by atoms with Crippen LogP contribution >= 0.6 is 0 Å². The first kappa shape index (κ1) is 14.8. The summed E-state index contributed by atoms with van der Waals surface area (Å²) in [4.78, 5) is 18.5. The highest BCUT2D eigenvalue weighted by molar-refractivity contribution is 5.98. The number of nitrogens with one attached hydrogen (secondary N) is 1. The van der Waals surface area contributed by atoms with Crippen molar-refractivity contribution in [2.45, 2.75) is 32.8 Å². The Morgan fingerprint density at radius 2 is 2.40 bits per heavy atom. The third-order valence-electron chi connectivity index (χ3n) is 3.79. The molecule has 5 nitrogen and oxygen atoms in total. The molecule has 2 rings (SSSR count). The van der Waals surface area contributed by atoms with Gasteiger partial charge in [0.25, 0.3) is 5.91 Å². The maximum atomic E-state index is 12.6. The predicted octanol–water partition coefficient (Wildman–Crippen LogP) is 1.75. The highest BCUT2D eigenvalue weighted by Gasteiger charge is 2.28. The Labute approximate surface area is 120 Å². The molecule has 1 aromatic heterocycles. The fourth-order valence-electron chi connectivity index (χ4n) is 2.37. The molecule has 1 fully saturated rings. The number of nitrogens with zero attached hydrogens (tertiary/aromatic N) is 2. The summed E-state index contributed by atoms with van der Waals surface area (Å²) in [7, 11) is 0. The van der Waals surface area contributed by atoms with Crippen molar-refractivity contribution in [1.29, 1.82) is 0 Å². The zero-order valence-corrected chi connectivity index (χ0v) is 12.2. The van der Waals surface area contributed by atoms with E-state index < -0.39 is 6.10 Å². The minimum Gasteiger partial charge on any atom is -0.391 e. The van der Waals surface area contributed by atoms with Crippen molar-refractivity contribution in [3.05, 3.63) is 23.9 Å². The van der Waals surface area contributed by atoms with Gasteiger partial charge in [-0.05, 0) is 30.9 Å². The Bertz CT molecular complexity index is 464. The smallest absolute Gasteiger partial charge is 0.257 e. The van der Waals surface area contributed by atoms with Gasteiger partial charge in [-0.3, -0.25) is 4.79 Å². The number of rotatable bonds is 4. The van der Waals surface area contributed by atoms with Gasteiger partial charge in [0, 0.05) is 25.8 Å². The Hall–Kier alpha value is -1.62. The second kappa shape index (κ2) is 6.70. The van der Waals surface area contributed by atoms with Crippen molar-refractivity contribution >= 4 is 11.7 Å². The second-order valence-corrected chi connectivity index (χ2v) is 5.41. The van der Waals surface area contributed by atoms with Crippen molar-refractivity contribution in [1.82, 2.24) is 9.88 Å². The maximum Gasteiger partial charge on any atom is 0.257 e. The van der Waals surface area contributed by atoms with Gasteiger partial charge >= 0.3 is 0 Å². The van der Waals surface area contributed by atoms with E-state index in [2.05, 4.69) is 17.2 Å². The van der Waals surface area contributed by atoms with Crippen LogP contribution in [0.25, 0.3) is 0 Å². The summed E-state index contributed by atoms with van der Waals surface area (Å²) in [6, 6.07) is 3.56. The first-order chi connectivity index (χ1) is 9.63. The molecule has 0 saturated carbocycles. The SMILES string of the molecule is CCCNc1ncccc1C(=O)N1CCC(C)C(O)C1. The number of aromatic nitrogens is 1. The Kier molecular flexibility index (Phi) is 4.95. The third kappa shape index (κ3) is 3.28. The Balaban J connectivity index is 2.12. The number of pyridine rings is 1. The van der Waals surface area contributed by atoms with Crippen LogP contribution in [0.15, 0.2) is 18.3 Å². The van der Waals surface area contributed by atoms with Gasteiger partial charge in [-0.15, -0.1) is 0 Å². The molecule has 2 unspecified atom stereocenters. The van der Waals surface area contributed by atoms with Crippen molar-refractivity contribution < 1.29 is 9.90 Å². The summed E-state index contributed by atoms with van der Waals surface area (Å²) < 4.78 is 0. The number of likely N-dealkylation sites (tertiary alicyclic amines) is 1. The molecule has 0 spiro atoms. The van der Waals surface area contributed by atoms with Crippen LogP contribution in [0.5, 0.6) is 0 Å². The van der Waals surface area contributed by atoms with E-state index in [9.17, 15) is 9.90 Å². The summed E-state index contributed by atoms with van der Waals surface area (Å²) in [6.07, 6.45) is 3.06. The number of amides is 1. The molecule has 0 radical (unpaired) electrons. The fourth-order valence-corrected chi connectivity index (χ4v) is 2.37. The lowest BCUT2D eigenvalue weighted by atomic mass is 9.95. The molecular formula is C15H23N3O2. The standard InChI is InChI=1S/C15H23N3O2/c1-3-7-16-14-12(5-4-8-17-14)15(20)18-9-6-11(2)13(19)10-18/h4-5,8,11,13,19H,3,6-7,9-10H2,1-2H3,(H,16,17). The van der Waals surface area contributed by atoms with E-state index in [4.69, 9.17) is 0 Å². The molecule has 0 aromatic carbocycles. The van der Waals surface area contributed by atoms with Crippen LogP contribution in [-0.4, -0.2) is 46.6 Å². The largest absolute Gasteiger partial charge is 0.391 e. The average Bonchev–Trinajstić information content (AvgIpc) is 2.47. The minimum atomic E-state index is -0.434. The van der Waals surface area contributed by atoms with Crippen molar-refractivity contribution in [3.63, 3.8) is 0 Å². The van der Waals surface area contributed by atoms with Gasteiger partial charge in [-0.25, -0.2) is 4.98 Å². The quantitative estimate of drug-likeness (QED) is 0.880. The fraction of sp³-hybridized carbons (Fsp3) is 0.600. The number of hydrogen-bond donors (Lipinski definition) is 2. The molecule has 1 aromatic rings. The normalized spacial score (nSPS) is 22.6. The first-order valence-electron chi connectivity index (χ1n) is 7.29. The van der Waals surface area contributed by atoms with Crippen molar-refractivity contribution in [3.8, 4) is 0 Å². The highest BCUT2D eigenvalue weighted by Crippen LogP contribution is 2.21. The van der Waals surface area contributed by atoms with Gasteiger partial charge in [0.05, 0.1) is 11.7 Å². The zero-order valence-electron chi connectivity index (χ0n) is 12.2. The molecule has 20 heavy (non-hydrogen) atoms. The van der Waals surface area contributed by atoms with Crippen molar-refractivity contribution in [2.24, 2.45) is 5.92 Å². The number of anilines is 1. The molecular weight excluding hydrogens is 254 g/mol. The van der Waals surface area contributed by atoms with Gasteiger partial charge in [0.2, 0.25) is 0 Å². The number of β-amino-alcohol motifs (C(OH)–C–C–N with tert-alkyl or cyclic N) is 1. The lowest BCUT2D eigenvalue weighted by Crippen LogP contribution is -2.46. The summed E-state index contributed by atoms with van der Waals surface area (Å²) in [6.45, 7) is 5.98. The molecule has 2 atom stereocenters. The molecule has 1 amide bonds. The van der Waals surface area contributed by atoms with Gasteiger partial charge in [0.1, 0.15) is 5.82 Å². The average molecular weight is 277 g/mol. The first-order valence-corrected chi connectivity index (χ1v) is 7.29. The molecule has 5 heteroatoms. The zero-order chi connectivity index (χ0) is 14.5. The van der Waals surface area contributed by atoms with Crippen LogP contribution in [0.4, 0.5) is 5.82 Å². The highest BCUT2D eigenvalue weighted by atomic mass is 16.3. The van der Waals surface area contributed by atoms with Crippen LogP contribution in [-0.2, 0) is 0 Å². The summed E-state index contributed by atoms with van der Waals surface area (Å²) in [5.74, 6) is 0.834. The topological polar surface area (TPSA) is 65.5 Å². The van der Waals surface area contributed by atoms with Gasteiger partial charge in [-0.1, -0.05) is 13.8 Å². The molecule has 110 valence electrons. The second-order valence-electron chi connectivity index (χ2n) is 5.41. The lowest BCUT2D eigenvalue weighted by Gasteiger charge is -2.34. The number of aliphatic hydroxyl groups is 1. The van der Waals surface area contributed by atoms with E-state index in [1.165, 1.54) is 0 Å². The van der Waals surface area contributed by atoms with Gasteiger partial charge in [0.15, 0.2) is 0 Å². The molecule has 0 aliphatic carbocycles. The van der Waals surface area contributed by atoms with Gasteiger partial charge in [-0.2, -0.15) is 0 Å². The Morgan fingerprint density at radius 1 is 1.60 bits per heavy atom. The Morgan fingerprint density at radius 3 is 3.10 bits per heavy atom. The number of carbonyl (C=O) groups is 1. The van der Waals surface area contributed by atoms with E-state index in [1.807, 2.05) is 6.92 Å². The predicted molar refractivity (Wildman–Crippen MR) is 78.7 cm³/mol. The third-order valence-corrected chi connectivity index (χ3v) is 3.79. The number of aliphatic hydroxyl groups excluding tert-OH is 1. The van der Waals surface area contributed by atoms with E-state index in [1.54, 1.807) is 23.2 Å². The summed E-state index contributed by atoms with van der Waals surface area (Å²) in [5, 5.41) is 13.1. The molecule has 2 N–H and O–H groups in total. The lowest BCUT2D eigenvalue weighted by molar-refractivity contribution is 0.0249. The van der Waals surface area contributed by atoms with E-state index in [0.29, 0.717) is 24.5 Å². The molecule has 1 saturated heterocycles. The van der Waals surface area contributed by atoms with Gasteiger partial charge < -0.3 is 15.3 Å². The number of piperidine rings is 1. The molecule has 2 heterocycles. The van der Waals surface area contributed by atoms with E-state index >= 15 is 0 Å². The van der Waals surface area contributed by atoms with E-state index in [0.717, 1.165) is 19.4 Å². The maximum absolute atomic E-state index is 12.6. The molecule has 1 aliphatic heterocycles. The van der Waals surface area contributed by atoms with Crippen LogP contribution in [0.1, 0.15) is 37.0 Å².